The summed E-state index contributed by atoms with van der Waals surface area (Å²) in [5, 5.41) is 6.13. The first-order valence-corrected chi connectivity index (χ1v) is 8.60. The molecule has 120 valence electrons. The number of aromatic amines is 1. The minimum absolute atomic E-state index is 0.667. The maximum Gasteiger partial charge on any atom is 0.187 e. The summed E-state index contributed by atoms with van der Waals surface area (Å²) in [6.45, 7) is 2.64. The average Bonchev–Trinajstić information content (AvgIpc) is 3.23. The molecule has 0 aliphatic heterocycles. The van der Waals surface area contributed by atoms with Crippen molar-refractivity contribution in [3.05, 3.63) is 53.9 Å². The number of hydrogen-bond acceptors (Lipinski definition) is 5. The summed E-state index contributed by atoms with van der Waals surface area (Å²) in [4.78, 5) is 12.5. The molecule has 0 spiro atoms. The van der Waals surface area contributed by atoms with Gasteiger partial charge >= 0.3 is 0 Å². The van der Waals surface area contributed by atoms with E-state index in [0.717, 1.165) is 39.1 Å². The highest BCUT2D eigenvalue weighted by molar-refractivity contribution is 7.14. The van der Waals surface area contributed by atoms with Crippen molar-refractivity contribution in [3.8, 4) is 17.3 Å². The molecule has 0 atom stereocenters. The van der Waals surface area contributed by atoms with Gasteiger partial charge in [0.2, 0.25) is 0 Å². The highest BCUT2D eigenvalue weighted by Gasteiger charge is 2.09. The number of thiazole rings is 1. The quantitative estimate of drug-likeness (QED) is 0.548. The average molecular weight is 336 g/mol. The number of fused-ring (bicyclic) bond motifs is 1. The second-order valence-electron chi connectivity index (χ2n) is 5.22. The number of imidazole rings is 1. The highest BCUT2D eigenvalue weighted by atomic mass is 32.1. The van der Waals surface area contributed by atoms with E-state index in [1.807, 2.05) is 60.8 Å². The summed E-state index contributed by atoms with van der Waals surface area (Å²) in [7, 11) is 0. The van der Waals surface area contributed by atoms with Crippen LogP contribution in [0.3, 0.4) is 0 Å². The van der Waals surface area contributed by atoms with Gasteiger partial charge in [-0.05, 0) is 43.3 Å². The summed E-state index contributed by atoms with van der Waals surface area (Å²) in [6.07, 6.45) is 0. The molecule has 0 bridgehead atoms. The van der Waals surface area contributed by atoms with E-state index in [4.69, 9.17) is 4.74 Å². The summed E-state index contributed by atoms with van der Waals surface area (Å²) < 4.78 is 5.45. The van der Waals surface area contributed by atoms with E-state index in [2.05, 4.69) is 20.3 Å². The molecule has 0 saturated carbocycles. The van der Waals surface area contributed by atoms with Crippen LogP contribution in [0.4, 0.5) is 10.8 Å². The Morgan fingerprint density at radius 1 is 1.08 bits per heavy atom. The van der Waals surface area contributed by atoms with E-state index in [1.165, 1.54) is 0 Å². The van der Waals surface area contributed by atoms with Crippen LogP contribution in [0.2, 0.25) is 0 Å². The lowest BCUT2D eigenvalue weighted by atomic mass is 10.3. The molecule has 0 fully saturated rings. The molecular formula is C18H16N4OS. The maximum absolute atomic E-state index is 5.45. The van der Waals surface area contributed by atoms with E-state index < -0.39 is 0 Å². The Kier molecular flexibility index (Phi) is 3.88. The Bertz CT molecular complexity index is 925. The van der Waals surface area contributed by atoms with Gasteiger partial charge in [0.15, 0.2) is 11.0 Å². The van der Waals surface area contributed by atoms with Gasteiger partial charge in [-0.1, -0.05) is 12.1 Å². The minimum Gasteiger partial charge on any atom is -0.494 e. The molecule has 0 amide bonds. The molecule has 0 unspecified atom stereocenters. The SMILES string of the molecule is CCOc1ccc(Nc2nc(-c3nc4ccccc4[nH]3)cs2)cc1. The molecule has 5 nitrogen and oxygen atoms in total. The van der Waals surface area contributed by atoms with E-state index in [-0.39, 0.29) is 0 Å². The van der Waals surface area contributed by atoms with Gasteiger partial charge in [0, 0.05) is 11.1 Å². The molecule has 2 N–H and O–H groups in total. The Morgan fingerprint density at radius 2 is 1.92 bits per heavy atom. The Morgan fingerprint density at radius 3 is 2.71 bits per heavy atom. The standard InChI is InChI=1S/C18H16N4OS/c1-2-23-13-9-7-12(8-10-13)19-18-22-16(11-24-18)17-20-14-5-3-4-6-15(14)21-17/h3-11H,2H2,1H3,(H,19,22)(H,20,21). The molecule has 4 rings (SSSR count). The van der Waals surface area contributed by atoms with Crippen molar-refractivity contribution in [2.75, 3.05) is 11.9 Å². The Hall–Kier alpha value is -2.86. The summed E-state index contributed by atoms with van der Waals surface area (Å²) >= 11 is 1.55. The van der Waals surface area contributed by atoms with Crippen molar-refractivity contribution in [2.45, 2.75) is 6.92 Å². The van der Waals surface area contributed by atoms with Gasteiger partial charge < -0.3 is 15.0 Å². The first-order chi connectivity index (χ1) is 11.8. The van der Waals surface area contributed by atoms with Crippen LogP contribution < -0.4 is 10.1 Å². The van der Waals surface area contributed by atoms with Crippen molar-refractivity contribution >= 4 is 33.2 Å². The third kappa shape index (κ3) is 2.96. The highest BCUT2D eigenvalue weighted by Crippen LogP contribution is 2.27. The zero-order chi connectivity index (χ0) is 16.4. The number of H-pyrrole nitrogens is 1. The second kappa shape index (κ2) is 6.33. The van der Waals surface area contributed by atoms with E-state index in [1.54, 1.807) is 11.3 Å². The number of nitrogens with zero attached hydrogens (tertiary/aromatic N) is 2. The molecule has 0 radical (unpaired) electrons. The third-order valence-electron chi connectivity index (χ3n) is 3.55. The van der Waals surface area contributed by atoms with Crippen molar-refractivity contribution in [3.63, 3.8) is 0 Å². The van der Waals surface area contributed by atoms with E-state index in [9.17, 15) is 0 Å². The molecule has 0 aliphatic carbocycles. The molecule has 0 aliphatic rings. The number of rotatable bonds is 5. The van der Waals surface area contributed by atoms with Crippen LogP contribution >= 0.6 is 11.3 Å². The number of nitrogens with one attached hydrogen (secondary N) is 2. The molecule has 2 heterocycles. The van der Waals surface area contributed by atoms with Gasteiger partial charge in [-0.25, -0.2) is 9.97 Å². The number of aromatic nitrogens is 3. The van der Waals surface area contributed by atoms with Gasteiger partial charge in [0.05, 0.1) is 17.6 Å². The second-order valence-corrected chi connectivity index (χ2v) is 6.08. The van der Waals surface area contributed by atoms with Gasteiger partial charge in [-0.3, -0.25) is 0 Å². The lowest BCUT2D eigenvalue weighted by Crippen LogP contribution is -1.93. The van der Waals surface area contributed by atoms with Crippen LogP contribution in [0.5, 0.6) is 5.75 Å². The lowest BCUT2D eigenvalue weighted by molar-refractivity contribution is 0.340. The van der Waals surface area contributed by atoms with Gasteiger partial charge in [-0.2, -0.15) is 0 Å². The number of ether oxygens (including phenoxy) is 1. The zero-order valence-electron chi connectivity index (χ0n) is 13.1. The number of benzene rings is 2. The van der Waals surface area contributed by atoms with Gasteiger partial charge in [-0.15, -0.1) is 11.3 Å². The van der Waals surface area contributed by atoms with Crippen LogP contribution in [-0.4, -0.2) is 21.6 Å². The Labute approximate surface area is 143 Å². The zero-order valence-corrected chi connectivity index (χ0v) is 13.9. The smallest absolute Gasteiger partial charge is 0.187 e. The van der Waals surface area contributed by atoms with Crippen LogP contribution in [0.15, 0.2) is 53.9 Å². The first kappa shape index (κ1) is 14.7. The molecule has 4 aromatic rings. The van der Waals surface area contributed by atoms with Gasteiger partial charge in [0.1, 0.15) is 11.4 Å². The van der Waals surface area contributed by atoms with Crippen LogP contribution in [-0.2, 0) is 0 Å². The molecule has 24 heavy (non-hydrogen) atoms. The molecular weight excluding hydrogens is 320 g/mol. The largest absolute Gasteiger partial charge is 0.494 e. The number of para-hydroxylation sites is 2. The van der Waals surface area contributed by atoms with Crippen LogP contribution in [0.1, 0.15) is 6.92 Å². The van der Waals surface area contributed by atoms with Crippen LogP contribution in [0.25, 0.3) is 22.6 Å². The molecule has 6 heteroatoms. The normalized spacial score (nSPS) is 10.9. The fourth-order valence-corrected chi connectivity index (χ4v) is 3.15. The summed E-state index contributed by atoms with van der Waals surface area (Å²) in [6, 6.07) is 15.8. The van der Waals surface area contributed by atoms with Crippen molar-refractivity contribution < 1.29 is 4.74 Å². The van der Waals surface area contributed by atoms with Crippen molar-refractivity contribution in [1.29, 1.82) is 0 Å². The van der Waals surface area contributed by atoms with Crippen LogP contribution in [0, 0.1) is 0 Å². The number of anilines is 2. The van der Waals surface area contributed by atoms with E-state index >= 15 is 0 Å². The maximum atomic E-state index is 5.45. The fraction of sp³-hybridized carbons (Fsp3) is 0.111. The fourth-order valence-electron chi connectivity index (χ4n) is 2.44. The monoisotopic (exact) mass is 336 g/mol. The van der Waals surface area contributed by atoms with E-state index in [0.29, 0.717) is 6.61 Å². The number of hydrogen-bond donors (Lipinski definition) is 2. The lowest BCUT2D eigenvalue weighted by Gasteiger charge is -2.05. The Balaban J connectivity index is 1.53. The molecule has 2 aromatic heterocycles. The summed E-state index contributed by atoms with van der Waals surface area (Å²) in [5.74, 6) is 1.65. The predicted molar refractivity (Wildman–Crippen MR) is 98.1 cm³/mol. The summed E-state index contributed by atoms with van der Waals surface area (Å²) in [5.41, 5.74) is 3.77. The van der Waals surface area contributed by atoms with Gasteiger partial charge in [0.25, 0.3) is 0 Å². The molecule has 0 saturated heterocycles. The molecule has 2 aromatic carbocycles. The van der Waals surface area contributed by atoms with Crippen molar-refractivity contribution in [1.82, 2.24) is 15.0 Å². The third-order valence-corrected chi connectivity index (χ3v) is 4.31. The topological polar surface area (TPSA) is 62.8 Å². The first-order valence-electron chi connectivity index (χ1n) is 7.72. The minimum atomic E-state index is 0.667. The predicted octanol–water partition coefficient (Wildman–Crippen LogP) is 4.83. The van der Waals surface area contributed by atoms with Crippen molar-refractivity contribution in [2.24, 2.45) is 0 Å².